The summed E-state index contributed by atoms with van der Waals surface area (Å²) in [7, 11) is -4.16. The van der Waals surface area contributed by atoms with E-state index < -0.39 is 28.5 Å². The van der Waals surface area contributed by atoms with Crippen LogP contribution < -0.4 is 9.62 Å². The van der Waals surface area contributed by atoms with Gasteiger partial charge in [0.1, 0.15) is 12.6 Å². The molecule has 2 amide bonds. The van der Waals surface area contributed by atoms with E-state index in [2.05, 4.69) is 5.32 Å². The summed E-state index contributed by atoms with van der Waals surface area (Å²) in [5.74, 6) is -0.725. The Kier molecular flexibility index (Phi) is 10.7. The number of halogens is 3. The van der Waals surface area contributed by atoms with Gasteiger partial charge >= 0.3 is 0 Å². The van der Waals surface area contributed by atoms with Gasteiger partial charge in [-0.05, 0) is 66.9 Å². The molecule has 11 heteroatoms. The van der Waals surface area contributed by atoms with E-state index in [1.54, 1.807) is 55.5 Å². The molecule has 3 aromatic carbocycles. The van der Waals surface area contributed by atoms with E-state index in [0.717, 1.165) is 4.31 Å². The minimum atomic E-state index is -4.16. The summed E-state index contributed by atoms with van der Waals surface area (Å²) in [6, 6.07) is 18.0. The number of para-hydroxylation sites is 1. The standard InChI is InChI=1S/C28H30Cl3N3O4S/c1-19(2)16-32-28(36)20(3)33(17-21-9-14-25(30)26(31)15-21)27(35)18-34(23-7-5-4-6-8-23)39(37,38)24-12-10-22(29)11-13-24/h4-15,19-20H,16-18H2,1-3H3,(H,32,36)/t20-/m0/s1. The minimum absolute atomic E-state index is 0.00953. The van der Waals surface area contributed by atoms with Gasteiger partial charge in [-0.1, -0.05) is 72.9 Å². The fourth-order valence-electron chi connectivity index (χ4n) is 3.73. The number of carbonyl (C=O) groups is 2. The van der Waals surface area contributed by atoms with Crippen LogP contribution in [0.3, 0.4) is 0 Å². The van der Waals surface area contributed by atoms with E-state index in [1.807, 2.05) is 13.8 Å². The van der Waals surface area contributed by atoms with Gasteiger partial charge in [0, 0.05) is 18.1 Å². The lowest BCUT2D eigenvalue weighted by Gasteiger charge is -2.32. The van der Waals surface area contributed by atoms with Crippen molar-refractivity contribution in [3.8, 4) is 0 Å². The molecule has 39 heavy (non-hydrogen) atoms. The smallest absolute Gasteiger partial charge is 0.264 e. The van der Waals surface area contributed by atoms with Crippen LogP contribution in [0.1, 0.15) is 26.3 Å². The molecule has 3 rings (SSSR count). The van der Waals surface area contributed by atoms with E-state index in [1.165, 1.54) is 29.2 Å². The monoisotopic (exact) mass is 609 g/mol. The molecule has 1 N–H and O–H groups in total. The number of hydrogen-bond donors (Lipinski definition) is 1. The van der Waals surface area contributed by atoms with Crippen LogP contribution in [0.15, 0.2) is 77.7 Å². The van der Waals surface area contributed by atoms with Gasteiger partial charge in [-0.2, -0.15) is 0 Å². The third-order valence-electron chi connectivity index (χ3n) is 5.91. The van der Waals surface area contributed by atoms with Crippen molar-refractivity contribution < 1.29 is 18.0 Å². The summed E-state index contributed by atoms with van der Waals surface area (Å²) < 4.78 is 28.5. The number of amides is 2. The largest absolute Gasteiger partial charge is 0.354 e. The van der Waals surface area contributed by atoms with Crippen molar-refractivity contribution in [2.24, 2.45) is 5.92 Å². The van der Waals surface area contributed by atoms with Crippen molar-refractivity contribution >= 4 is 62.3 Å². The molecule has 1 atom stereocenters. The van der Waals surface area contributed by atoms with Gasteiger partial charge in [-0.15, -0.1) is 0 Å². The quantitative estimate of drug-likeness (QED) is 0.287. The van der Waals surface area contributed by atoms with Crippen molar-refractivity contribution in [3.63, 3.8) is 0 Å². The molecule has 0 aromatic heterocycles. The van der Waals surface area contributed by atoms with Crippen LogP contribution in [0.5, 0.6) is 0 Å². The summed E-state index contributed by atoms with van der Waals surface area (Å²) in [5.41, 5.74) is 0.931. The molecule has 0 aliphatic carbocycles. The third-order valence-corrected chi connectivity index (χ3v) is 8.69. The lowest BCUT2D eigenvalue weighted by molar-refractivity contribution is -0.139. The highest BCUT2D eigenvalue weighted by molar-refractivity contribution is 7.92. The number of rotatable bonds is 11. The average molecular weight is 611 g/mol. The van der Waals surface area contributed by atoms with E-state index in [9.17, 15) is 18.0 Å². The zero-order chi connectivity index (χ0) is 28.7. The number of anilines is 1. The maximum Gasteiger partial charge on any atom is 0.264 e. The highest BCUT2D eigenvalue weighted by Gasteiger charge is 2.32. The van der Waals surface area contributed by atoms with Crippen LogP contribution in [0.2, 0.25) is 15.1 Å². The topological polar surface area (TPSA) is 86.8 Å². The highest BCUT2D eigenvalue weighted by Crippen LogP contribution is 2.27. The Morgan fingerprint density at radius 3 is 2.10 bits per heavy atom. The summed E-state index contributed by atoms with van der Waals surface area (Å²) in [5, 5.41) is 3.88. The lowest BCUT2D eigenvalue weighted by atomic mass is 10.1. The lowest BCUT2D eigenvalue weighted by Crippen LogP contribution is -2.51. The van der Waals surface area contributed by atoms with Crippen molar-refractivity contribution in [1.82, 2.24) is 10.2 Å². The Morgan fingerprint density at radius 1 is 0.872 bits per heavy atom. The van der Waals surface area contributed by atoms with Gasteiger partial charge in [0.25, 0.3) is 10.0 Å². The second-order valence-corrected chi connectivity index (χ2v) is 12.5. The van der Waals surface area contributed by atoms with Gasteiger partial charge in [0.05, 0.1) is 20.6 Å². The molecular formula is C28H30Cl3N3O4S. The number of hydrogen-bond acceptors (Lipinski definition) is 4. The van der Waals surface area contributed by atoms with Crippen LogP contribution >= 0.6 is 34.8 Å². The fraction of sp³-hybridized carbons (Fsp3) is 0.286. The molecule has 7 nitrogen and oxygen atoms in total. The molecule has 0 aliphatic rings. The Bertz CT molecular complexity index is 1400. The van der Waals surface area contributed by atoms with Crippen LogP contribution in [0.4, 0.5) is 5.69 Å². The molecule has 0 bridgehead atoms. The number of nitrogens with zero attached hydrogens (tertiary/aromatic N) is 2. The molecule has 208 valence electrons. The second kappa shape index (κ2) is 13.5. The maximum atomic E-state index is 13.9. The van der Waals surface area contributed by atoms with E-state index in [4.69, 9.17) is 34.8 Å². The first-order valence-corrected chi connectivity index (χ1v) is 14.8. The molecule has 0 fully saturated rings. The van der Waals surface area contributed by atoms with Crippen LogP contribution in [0, 0.1) is 5.92 Å². The van der Waals surface area contributed by atoms with Gasteiger partial charge in [-0.25, -0.2) is 8.42 Å². The first kappa shape index (κ1) is 30.8. The molecule has 0 heterocycles. The van der Waals surface area contributed by atoms with Crippen LogP contribution in [0.25, 0.3) is 0 Å². The van der Waals surface area contributed by atoms with E-state index in [0.29, 0.717) is 32.9 Å². The zero-order valence-corrected chi connectivity index (χ0v) is 24.9. The van der Waals surface area contributed by atoms with Crippen molar-refractivity contribution in [2.45, 2.75) is 38.3 Å². The van der Waals surface area contributed by atoms with Crippen LogP contribution in [-0.2, 0) is 26.2 Å². The summed E-state index contributed by atoms with van der Waals surface area (Å²) in [4.78, 5) is 28.2. The van der Waals surface area contributed by atoms with Gasteiger partial charge in [0.2, 0.25) is 11.8 Å². The predicted molar refractivity (Wildman–Crippen MR) is 157 cm³/mol. The van der Waals surface area contributed by atoms with E-state index >= 15 is 0 Å². The van der Waals surface area contributed by atoms with E-state index in [-0.39, 0.29) is 23.3 Å². The fourth-order valence-corrected chi connectivity index (χ4v) is 5.59. The highest BCUT2D eigenvalue weighted by atomic mass is 35.5. The molecule has 0 saturated carbocycles. The number of nitrogens with one attached hydrogen (secondary N) is 1. The minimum Gasteiger partial charge on any atom is -0.354 e. The Labute approximate surface area is 244 Å². The number of benzene rings is 3. The second-order valence-electron chi connectivity index (χ2n) is 9.39. The zero-order valence-electron chi connectivity index (χ0n) is 21.8. The SMILES string of the molecule is CC(C)CNC(=O)[C@H](C)N(Cc1ccc(Cl)c(Cl)c1)C(=O)CN(c1ccccc1)S(=O)(=O)c1ccc(Cl)cc1. The summed E-state index contributed by atoms with van der Waals surface area (Å²) in [6.45, 7) is 5.42. The van der Waals surface area contributed by atoms with Gasteiger partial charge < -0.3 is 10.2 Å². The molecule has 0 saturated heterocycles. The Hall–Kier alpha value is -2.78. The maximum absolute atomic E-state index is 13.9. The summed E-state index contributed by atoms with van der Waals surface area (Å²) >= 11 is 18.2. The molecule has 0 aliphatic heterocycles. The number of carbonyl (C=O) groups excluding carboxylic acids is 2. The van der Waals surface area contributed by atoms with Gasteiger partial charge in [-0.3, -0.25) is 13.9 Å². The Morgan fingerprint density at radius 2 is 1.51 bits per heavy atom. The molecule has 0 spiro atoms. The molecule has 0 unspecified atom stereocenters. The van der Waals surface area contributed by atoms with Gasteiger partial charge in [0.15, 0.2) is 0 Å². The molecule has 0 radical (unpaired) electrons. The average Bonchev–Trinajstić information content (AvgIpc) is 2.91. The predicted octanol–water partition coefficient (Wildman–Crippen LogP) is 6.03. The molecular weight excluding hydrogens is 581 g/mol. The number of sulfonamides is 1. The first-order chi connectivity index (χ1) is 18.4. The Balaban J connectivity index is 2.00. The normalized spacial score (nSPS) is 12.2. The first-order valence-electron chi connectivity index (χ1n) is 12.2. The van der Waals surface area contributed by atoms with Crippen molar-refractivity contribution in [1.29, 1.82) is 0 Å². The van der Waals surface area contributed by atoms with Crippen molar-refractivity contribution in [3.05, 3.63) is 93.4 Å². The third kappa shape index (κ3) is 8.11. The van der Waals surface area contributed by atoms with Crippen molar-refractivity contribution in [2.75, 3.05) is 17.4 Å². The summed E-state index contributed by atoms with van der Waals surface area (Å²) in [6.07, 6.45) is 0. The van der Waals surface area contributed by atoms with Crippen LogP contribution in [-0.4, -0.2) is 44.3 Å². The molecule has 3 aromatic rings.